The molecule has 0 aliphatic heterocycles. The van der Waals surface area contributed by atoms with Crippen LogP contribution in [0.3, 0.4) is 0 Å². The zero-order valence-corrected chi connectivity index (χ0v) is 16.0. The summed E-state index contributed by atoms with van der Waals surface area (Å²) in [5, 5.41) is 2.89. The minimum Gasteiger partial charge on any atom is -0.356 e. The molecular formula is C19H26FN5O. The fraction of sp³-hybridized carbons (Fsp3) is 0.421. The Bertz CT molecular complexity index is 746. The van der Waals surface area contributed by atoms with Gasteiger partial charge in [-0.2, -0.15) is 0 Å². The molecule has 1 aromatic heterocycles. The van der Waals surface area contributed by atoms with E-state index in [-0.39, 0.29) is 17.8 Å². The van der Waals surface area contributed by atoms with E-state index in [0.29, 0.717) is 29.3 Å². The fourth-order valence-corrected chi connectivity index (χ4v) is 2.27. The molecule has 0 atom stereocenters. The predicted octanol–water partition coefficient (Wildman–Crippen LogP) is 2.42. The van der Waals surface area contributed by atoms with Gasteiger partial charge in [-0.05, 0) is 52.2 Å². The Balaban J connectivity index is 2.35. The third-order valence-corrected chi connectivity index (χ3v) is 4.07. The Hall–Kier alpha value is -2.54. The van der Waals surface area contributed by atoms with Crippen LogP contribution >= 0.6 is 0 Å². The van der Waals surface area contributed by atoms with Crippen molar-refractivity contribution in [2.75, 3.05) is 39.1 Å². The predicted molar refractivity (Wildman–Crippen MR) is 102 cm³/mol. The molecule has 6 nitrogen and oxygen atoms in total. The standard InChI is InChI=1S/C19H26FN5O/c1-13(2)25(5)18-16(19(26)21-10-11-24(3)4)12-22-17(23-18)14-6-8-15(20)9-7-14/h6-9,12-13H,10-11H2,1-5H3,(H,21,26). The Morgan fingerprint density at radius 3 is 2.42 bits per heavy atom. The number of hydrogen-bond donors (Lipinski definition) is 1. The summed E-state index contributed by atoms with van der Waals surface area (Å²) in [6.07, 6.45) is 1.53. The highest BCUT2D eigenvalue weighted by Gasteiger charge is 2.20. The van der Waals surface area contributed by atoms with Crippen LogP contribution in [-0.2, 0) is 0 Å². The van der Waals surface area contributed by atoms with Gasteiger partial charge in [0.1, 0.15) is 17.2 Å². The Morgan fingerprint density at radius 2 is 1.85 bits per heavy atom. The van der Waals surface area contributed by atoms with Crippen LogP contribution in [-0.4, -0.2) is 61.0 Å². The lowest BCUT2D eigenvalue weighted by Crippen LogP contribution is -2.34. The van der Waals surface area contributed by atoms with Crippen LogP contribution in [0.15, 0.2) is 30.5 Å². The van der Waals surface area contributed by atoms with E-state index in [2.05, 4.69) is 15.3 Å². The normalized spacial score (nSPS) is 11.1. The molecule has 0 spiro atoms. The Morgan fingerprint density at radius 1 is 1.19 bits per heavy atom. The highest BCUT2D eigenvalue weighted by molar-refractivity contribution is 5.98. The number of aromatic nitrogens is 2. The molecule has 0 saturated carbocycles. The zero-order valence-electron chi connectivity index (χ0n) is 16.0. The quantitative estimate of drug-likeness (QED) is 0.823. The van der Waals surface area contributed by atoms with E-state index in [0.717, 1.165) is 6.54 Å². The molecular weight excluding hydrogens is 333 g/mol. The van der Waals surface area contributed by atoms with Crippen LogP contribution in [0.2, 0.25) is 0 Å². The number of hydrogen-bond acceptors (Lipinski definition) is 5. The second-order valence-corrected chi connectivity index (χ2v) is 6.70. The minimum absolute atomic E-state index is 0.152. The maximum Gasteiger partial charge on any atom is 0.256 e. The van der Waals surface area contributed by atoms with E-state index in [4.69, 9.17) is 0 Å². The summed E-state index contributed by atoms with van der Waals surface area (Å²) in [5.41, 5.74) is 1.12. The monoisotopic (exact) mass is 359 g/mol. The molecule has 0 radical (unpaired) electrons. The summed E-state index contributed by atoms with van der Waals surface area (Å²) < 4.78 is 13.2. The number of amides is 1. The molecule has 1 aromatic carbocycles. The molecule has 140 valence electrons. The summed E-state index contributed by atoms with van der Waals surface area (Å²) in [6, 6.07) is 6.14. The lowest BCUT2D eigenvalue weighted by molar-refractivity contribution is 0.0951. The largest absolute Gasteiger partial charge is 0.356 e. The van der Waals surface area contributed by atoms with E-state index in [1.54, 1.807) is 12.1 Å². The van der Waals surface area contributed by atoms with Gasteiger partial charge in [0.2, 0.25) is 0 Å². The number of nitrogens with zero attached hydrogens (tertiary/aromatic N) is 4. The molecule has 2 aromatic rings. The lowest BCUT2D eigenvalue weighted by atomic mass is 10.2. The maximum atomic E-state index is 13.2. The van der Waals surface area contributed by atoms with Gasteiger partial charge in [-0.1, -0.05) is 0 Å². The van der Waals surface area contributed by atoms with Crippen molar-refractivity contribution in [1.29, 1.82) is 0 Å². The van der Waals surface area contributed by atoms with Crippen molar-refractivity contribution in [3.63, 3.8) is 0 Å². The molecule has 1 heterocycles. The van der Waals surface area contributed by atoms with Crippen molar-refractivity contribution in [3.8, 4) is 11.4 Å². The summed E-state index contributed by atoms with van der Waals surface area (Å²) in [7, 11) is 5.79. The summed E-state index contributed by atoms with van der Waals surface area (Å²) in [5.74, 6) is 0.485. The highest BCUT2D eigenvalue weighted by atomic mass is 19.1. The second-order valence-electron chi connectivity index (χ2n) is 6.70. The Kier molecular flexibility index (Phi) is 6.63. The van der Waals surface area contributed by atoms with Gasteiger partial charge in [-0.15, -0.1) is 0 Å². The van der Waals surface area contributed by atoms with Crippen molar-refractivity contribution in [2.45, 2.75) is 19.9 Å². The van der Waals surface area contributed by atoms with Crippen LogP contribution in [0, 0.1) is 5.82 Å². The molecule has 0 unspecified atom stereocenters. The summed E-state index contributed by atoms with van der Waals surface area (Å²) >= 11 is 0. The van der Waals surface area contributed by atoms with Crippen molar-refractivity contribution in [1.82, 2.24) is 20.2 Å². The number of carbonyl (C=O) groups excluding carboxylic acids is 1. The molecule has 0 aliphatic rings. The van der Waals surface area contributed by atoms with Gasteiger partial charge < -0.3 is 15.1 Å². The Labute approximate surface area is 154 Å². The van der Waals surface area contributed by atoms with E-state index in [1.165, 1.54) is 18.3 Å². The first-order valence-electron chi connectivity index (χ1n) is 8.58. The molecule has 0 fully saturated rings. The third kappa shape index (κ3) is 4.98. The number of likely N-dealkylation sites (N-methyl/N-ethyl adjacent to an activating group) is 1. The maximum absolute atomic E-state index is 13.2. The SMILES string of the molecule is CC(C)N(C)c1nc(-c2ccc(F)cc2)ncc1C(=O)NCCN(C)C. The van der Waals surface area contributed by atoms with Gasteiger partial charge >= 0.3 is 0 Å². The van der Waals surface area contributed by atoms with Gasteiger partial charge in [0, 0.05) is 37.9 Å². The molecule has 2 rings (SSSR count). The van der Waals surface area contributed by atoms with Crippen LogP contribution < -0.4 is 10.2 Å². The van der Waals surface area contributed by atoms with E-state index in [1.807, 2.05) is 44.8 Å². The fourth-order valence-electron chi connectivity index (χ4n) is 2.27. The van der Waals surface area contributed by atoms with E-state index >= 15 is 0 Å². The molecule has 0 aliphatic carbocycles. The molecule has 1 N–H and O–H groups in total. The second kappa shape index (κ2) is 8.71. The summed E-state index contributed by atoms with van der Waals surface area (Å²) in [6.45, 7) is 5.33. The molecule has 26 heavy (non-hydrogen) atoms. The van der Waals surface area contributed by atoms with Crippen LogP contribution in [0.1, 0.15) is 24.2 Å². The third-order valence-electron chi connectivity index (χ3n) is 4.07. The molecule has 1 amide bonds. The average molecular weight is 359 g/mol. The number of benzene rings is 1. The van der Waals surface area contributed by atoms with Crippen LogP contribution in [0.5, 0.6) is 0 Å². The smallest absolute Gasteiger partial charge is 0.256 e. The molecule has 0 saturated heterocycles. The van der Waals surface area contributed by atoms with Gasteiger partial charge in [0.25, 0.3) is 5.91 Å². The van der Waals surface area contributed by atoms with Gasteiger partial charge in [0.15, 0.2) is 5.82 Å². The summed E-state index contributed by atoms with van der Waals surface area (Å²) in [4.78, 5) is 25.4. The zero-order chi connectivity index (χ0) is 19.3. The van der Waals surface area contributed by atoms with Gasteiger partial charge in [-0.3, -0.25) is 4.79 Å². The topological polar surface area (TPSA) is 61.4 Å². The average Bonchev–Trinajstić information content (AvgIpc) is 2.60. The first-order valence-corrected chi connectivity index (χ1v) is 8.58. The number of anilines is 1. The van der Waals surface area contributed by atoms with Crippen LogP contribution in [0.25, 0.3) is 11.4 Å². The van der Waals surface area contributed by atoms with Crippen molar-refractivity contribution in [3.05, 3.63) is 41.8 Å². The number of carbonyl (C=O) groups is 1. The first-order chi connectivity index (χ1) is 12.3. The number of nitrogens with one attached hydrogen (secondary N) is 1. The van der Waals surface area contributed by atoms with Gasteiger partial charge in [0.05, 0.1) is 0 Å². The molecule has 0 bridgehead atoms. The highest BCUT2D eigenvalue weighted by Crippen LogP contribution is 2.23. The number of rotatable bonds is 7. The van der Waals surface area contributed by atoms with Gasteiger partial charge in [-0.25, -0.2) is 14.4 Å². The minimum atomic E-state index is -0.315. The van der Waals surface area contributed by atoms with Crippen molar-refractivity contribution in [2.24, 2.45) is 0 Å². The van der Waals surface area contributed by atoms with Crippen molar-refractivity contribution >= 4 is 11.7 Å². The van der Waals surface area contributed by atoms with Crippen LogP contribution in [0.4, 0.5) is 10.2 Å². The first kappa shape index (κ1) is 19.8. The van der Waals surface area contributed by atoms with E-state index in [9.17, 15) is 9.18 Å². The van der Waals surface area contributed by atoms with Crippen molar-refractivity contribution < 1.29 is 9.18 Å². The lowest BCUT2D eigenvalue weighted by Gasteiger charge is -2.25. The molecule has 7 heteroatoms. The van der Waals surface area contributed by atoms with E-state index < -0.39 is 0 Å². The number of halogens is 1.